The van der Waals surface area contributed by atoms with Gasteiger partial charge in [-0.25, -0.2) is 0 Å². The predicted molar refractivity (Wildman–Crippen MR) is 148 cm³/mol. The van der Waals surface area contributed by atoms with Crippen molar-refractivity contribution >= 4 is 43.2 Å². The molecule has 0 aliphatic heterocycles. The lowest BCUT2D eigenvalue weighted by molar-refractivity contribution is -0.139. The van der Waals surface area contributed by atoms with E-state index < -0.39 is 69.2 Å². The van der Waals surface area contributed by atoms with E-state index in [4.69, 9.17) is 11.5 Å². The smallest absolute Gasteiger partial charge is 0.399 e. The first-order valence-electron chi connectivity index (χ1n) is 11.7. The Kier molecular flexibility index (Phi) is 10.00. The average molecular weight is 768 g/mol. The second-order valence-electron chi connectivity index (χ2n) is 8.98. The molecule has 0 radical (unpaired) electrons. The molecule has 4 rings (SSSR count). The van der Waals surface area contributed by atoms with Crippen LogP contribution in [0.1, 0.15) is 22.3 Å². The van der Waals surface area contributed by atoms with Gasteiger partial charge in [0.2, 0.25) is 0 Å². The molecule has 0 heterocycles. The van der Waals surface area contributed by atoms with E-state index in [-0.39, 0.29) is 20.3 Å². The van der Waals surface area contributed by atoms with Gasteiger partial charge in [-0.15, -0.1) is 0 Å². The van der Waals surface area contributed by atoms with Crippen molar-refractivity contribution in [3.8, 4) is 22.3 Å². The Morgan fingerprint density at radius 3 is 0.841 bits per heavy atom. The van der Waals surface area contributed by atoms with Gasteiger partial charge >= 0.3 is 24.7 Å². The van der Waals surface area contributed by atoms with Crippen LogP contribution >= 0.6 is 31.9 Å². The van der Waals surface area contributed by atoms with Gasteiger partial charge < -0.3 is 11.5 Å². The molecule has 4 aromatic rings. The van der Waals surface area contributed by atoms with Crippen molar-refractivity contribution in [2.24, 2.45) is 0 Å². The Labute approximate surface area is 257 Å². The van der Waals surface area contributed by atoms with Crippen molar-refractivity contribution in [1.29, 1.82) is 0 Å². The SMILES string of the molecule is FC(F)(F)c1cc(Br)ccc1-c1ccc(Br)cc1C(F)(F)F.Nc1ccc(-c2ccc(N)cc2C(F)(F)F)c(C(F)(F)F)c1. The summed E-state index contributed by atoms with van der Waals surface area (Å²) in [7, 11) is 0. The zero-order valence-corrected chi connectivity index (χ0v) is 24.5. The Hall–Kier alpha value is -3.40. The minimum absolute atomic E-state index is 0.134. The van der Waals surface area contributed by atoms with Crippen molar-refractivity contribution in [3.05, 3.63) is 104 Å². The van der Waals surface area contributed by atoms with Crippen molar-refractivity contribution < 1.29 is 52.7 Å². The molecule has 4 aromatic carbocycles. The van der Waals surface area contributed by atoms with E-state index in [9.17, 15) is 52.7 Å². The van der Waals surface area contributed by atoms with Crippen LogP contribution in [-0.4, -0.2) is 0 Å². The maximum Gasteiger partial charge on any atom is 0.417 e. The maximum atomic E-state index is 13.1. The molecule has 0 aliphatic carbocycles. The first kappa shape index (κ1) is 35.1. The largest absolute Gasteiger partial charge is 0.417 e. The van der Waals surface area contributed by atoms with Gasteiger partial charge in [-0.2, -0.15) is 52.7 Å². The first-order valence-corrected chi connectivity index (χ1v) is 13.3. The van der Waals surface area contributed by atoms with Gasteiger partial charge in [0.05, 0.1) is 22.3 Å². The van der Waals surface area contributed by atoms with E-state index in [0.717, 1.165) is 48.5 Å². The number of nitrogen functional groups attached to an aromatic ring is 2. The second-order valence-corrected chi connectivity index (χ2v) is 10.8. The van der Waals surface area contributed by atoms with E-state index in [1.54, 1.807) is 0 Å². The van der Waals surface area contributed by atoms with E-state index >= 15 is 0 Å². The Bertz CT molecular complexity index is 1410. The highest BCUT2D eigenvalue weighted by Gasteiger charge is 2.40. The molecule has 0 saturated heterocycles. The number of benzene rings is 4. The van der Waals surface area contributed by atoms with Crippen LogP contribution < -0.4 is 11.5 Å². The fourth-order valence-corrected chi connectivity index (χ4v) is 4.76. The molecule has 236 valence electrons. The molecule has 0 unspecified atom stereocenters. The zero-order chi connectivity index (χ0) is 33.4. The number of hydrogen-bond acceptors (Lipinski definition) is 2. The lowest BCUT2D eigenvalue weighted by atomic mass is 9.94. The molecule has 0 saturated carbocycles. The van der Waals surface area contributed by atoms with Crippen molar-refractivity contribution in [1.82, 2.24) is 0 Å². The minimum atomic E-state index is -4.84. The molecule has 0 bridgehead atoms. The highest BCUT2D eigenvalue weighted by Crippen LogP contribution is 2.45. The summed E-state index contributed by atoms with van der Waals surface area (Å²) in [6, 6.07) is 11.4. The number of alkyl halides is 12. The summed E-state index contributed by atoms with van der Waals surface area (Å²) in [6.07, 6.45) is -19.2. The molecule has 4 N–H and O–H groups in total. The Morgan fingerprint density at radius 2 is 0.591 bits per heavy atom. The van der Waals surface area contributed by atoms with Gasteiger partial charge in [0.25, 0.3) is 0 Å². The summed E-state index contributed by atoms with van der Waals surface area (Å²) < 4.78 is 157. The Balaban J connectivity index is 0.000000240. The molecular formula is C28H16Br2F12N2. The van der Waals surface area contributed by atoms with Crippen LogP contribution in [0.3, 0.4) is 0 Å². The minimum Gasteiger partial charge on any atom is -0.399 e. The van der Waals surface area contributed by atoms with Gasteiger partial charge in [-0.3, -0.25) is 0 Å². The number of hydrogen-bond donors (Lipinski definition) is 2. The molecule has 0 amide bonds. The fraction of sp³-hybridized carbons (Fsp3) is 0.143. The third-order valence-corrected chi connectivity index (χ3v) is 6.84. The monoisotopic (exact) mass is 766 g/mol. The van der Waals surface area contributed by atoms with Crippen molar-refractivity contribution in [2.75, 3.05) is 11.5 Å². The zero-order valence-electron chi connectivity index (χ0n) is 21.4. The third-order valence-electron chi connectivity index (χ3n) is 5.85. The van der Waals surface area contributed by atoms with Crippen LogP contribution in [0.25, 0.3) is 22.3 Å². The fourth-order valence-electron chi connectivity index (χ4n) is 4.03. The lowest BCUT2D eigenvalue weighted by Crippen LogP contribution is -2.12. The lowest BCUT2D eigenvalue weighted by Gasteiger charge is -2.18. The molecule has 0 aromatic heterocycles. The number of anilines is 2. The van der Waals surface area contributed by atoms with Gasteiger partial charge in [0, 0.05) is 20.3 Å². The van der Waals surface area contributed by atoms with Crippen molar-refractivity contribution in [3.63, 3.8) is 0 Å². The summed E-state index contributed by atoms with van der Waals surface area (Å²) in [5, 5.41) is 0. The quantitative estimate of drug-likeness (QED) is 0.158. The van der Waals surface area contributed by atoms with Crippen LogP contribution in [-0.2, 0) is 24.7 Å². The van der Waals surface area contributed by atoms with E-state index in [0.29, 0.717) is 12.1 Å². The highest BCUT2D eigenvalue weighted by atomic mass is 79.9. The van der Waals surface area contributed by atoms with E-state index in [1.165, 1.54) is 12.1 Å². The molecule has 2 nitrogen and oxygen atoms in total. The maximum absolute atomic E-state index is 13.1. The molecule has 44 heavy (non-hydrogen) atoms. The number of halogens is 14. The van der Waals surface area contributed by atoms with Crippen LogP contribution in [0.5, 0.6) is 0 Å². The number of rotatable bonds is 2. The van der Waals surface area contributed by atoms with Crippen molar-refractivity contribution in [2.45, 2.75) is 24.7 Å². The molecular weight excluding hydrogens is 752 g/mol. The van der Waals surface area contributed by atoms with Crippen LogP contribution in [0.15, 0.2) is 81.7 Å². The molecule has 0 aliphatic rings. The topological polar surface area (TPSA) is 52.0 Å². The van der Waals surface area contributed by atoms with Gasteiger partial charge in [-0.1, -0.05) is 56.1 Å². The van der Waals surface area contributed by atoms with E-state index in [1.807, 2.05) is 0 Å². The second kappa shape index (κ2) is 12.5. The van der Waals surface area contributed by atoms with Crippen LogP contribution in [0.2, 0.25) is 0 Å². The highest BCUT2D eigenvalue weighted by molar-refractivity contribution is 9.10. The summed E-state index contributed by atoms with van der Waals surface area (Å²) in [5.74, 6) is 0. The van der Waals surface area contributed by atoms with Crippen LogP contribution in [0.4, 0.5) is 64.1 Å². The number of nitrogens with two attached hydrogens (primary N) is 2. The van der Waals surface area contributed by atoms with Gasteiger partial charge in [0.1, 0.15) is 0 Å². The predicted octanol–water partition coefficient (Wildman–Crippen LogP) is 11.5. The van der Waals surface area contributed by atoms with Gasteiger partial charge in [0.15, 0.2) is 0 Å². The molecule has 0 spiro atoms. The Morgan fingerprint density at radius 1 is 0.364 bits per heavy atom. The third kappa shape index (κ3) is 8.40. The van der Waals surface area contributed by atoms with Gasteiger partial charge in [-0.05, 0) is 70.8 Å². The summed E-state index contributed by atoms with van der Waals surface area (Å²) in [6.45, 7) is 0. The summed E-state index contributed by atoms with van der Waals surface area (Å²) in [5.41, 5.74) is 3.26. The standard InChI is InChI=1S/C14H6Br2F6.C14H10F6N2/c15-7-1-3-9(11(5-7)13(17,18)19)10-4-2-8(16)6-12(10)14(20,21)22;15-13(16,17)11-5-7(21)1-3-9(11)10-4-2-8(22)6-12(10)14(18,19)20/h1-6H;1-6H,21-22H2. The van der Waals surface area contributed by atoms with E-state index in [2.05, 4.69) is 31.9 Å². The first-order chi connectivity index (χ1) is 20.0. The molecule has 0 fully saturated rings. The average Bonchev–Trinajstić information content (AvgIpc) is 2.87. The summed E-state index contributed by atoms with van der Waals surface area (Å²) >= 11 is 5.80. The normalized spacial score (nSPS) is 12.5. The molecule has 0 atom stereocenters. The summed E-state index contributed by atoms with van der Waals surface area (Å²) in [4.78, 5) is 0. The van der Waals surface area contributed by atoms with Crippen LogP contribution in [0, 0.1) is 0 Å². The molecule has 16 heteroatoms.